The van der Waals surface area contributed by atoms with Crippen LogP contribution in [0.25, 0.3) is 0 Å². The molecule has 0 aliphatic carbocycles. The summed E-state index contributed by atoms with van der Waals surface area (Å²) in [5.41, 5.74) is 0.725. The van der Waals surface area contributed by atoms with E-state index in [2.05, 4.69) is 5.32 Å². The summed E-state index contributed by atoms with van der Waals surface area (Å²) in [6.45, 7) is -0.288. The summed E-state index contributed by atoms with van der Waals surface area (Å²) in [5, 5.41) is 15.9. The maximum Gasteiger partial charge on any atom is 0.327 e. The van der Waals surface area contributed by atoms with Crippen LogP contribution in [0.3, 0.4) is 0 Å². The third-order valence-corrected chi connectivity index (χ3v) is 3.65. The molecule has 108 valence electrons. The molecule has 0 radical (unpaired) electrons. The molecule has 0 aromatic carbocycles. The van der Waals surface area contributed by atoms with Gasteiger partial charge in [-0.2, -0.15) is 11.3 Å². The molecular formula is C12H15N3O4S. The summed E-state index contributed by atoms with van der Waals surface area (Å²) in [6.07, 6.45) is -0.794. The fourth-order valence-electron chi connectivity index (χ4n) is 1.82. The maximum absolute atomic E-state index is 11.7. The second-order valence-electron chi connectivity index (χ2n) is 4.50. The van der Waals surface area contributed by atoms with Gasteiger partial charge in [0, 0.05) is 13.6 Å². The lowest BCUT2D eigenvalue weighted by molar-refractivity contribution is -0.130. The number of thiophene rings is 1. The predicted molar refractivity (Wildman–Crippen MR) is 72.0 cm³/mol. The maximum atomic E-state index is 11.7. The molecule has 8 heteroatoms. The number of aliphatic hydroxyl groups is 1. The zero-order chi connectivity index (χ0) is 14.7. The van der Waals surface area contributed by atoms with Crippen molar-refractivity contribution in [3.8, 4) is 0 Å². The molecule has 7 nitrogen and oxygen atoms in total. The number of aliphatic hydroxyl groups excluding tert-OH is 1. The summed E-state index contributed by atoms with van der Waals surface area (Å²) in [6, 6.07) is 1.28. The number of hydrogen-bond acceptors (Lipinski definition) is 5. The molecule has 1 aromatic rings. The highest BCUT2D eigenvalue weighted by atomic mass is 32.1. The summed E-state index contributed by atoms with van der Waals surface area (Å²) >= 11 is 1.45. The van der Waals surface area contributed by atoms with Gasteiger partial charge in [0.05, 0.1) is 6.10 Å². The van der Waals surface area contributed by atoms with E-state index >= 15 is 0 Å². The molecule has 0 spiro atoms. The van der Waals surface area contributed by atoms with Crippen LogP contribution in [0.1, 0.15) is 11.7 Å². The van der Waals surface area contributed by atoms with Crippen molar-refractivity contribution in [2.24, 2.45) is 0 Å². The van der Waals surface area contributed by atoms with Crippen molar-refractivity contribution in [3.05, 3.63) is 22.4 Å². The molecule has 1 atom stereocenters. The van der Waals surface area contributed by atoms with Crippen molar-refractivity contribution >= 4 is 29.2 Å². The number of urea groups is 1. The number of likely N-dealkylation sites (N-methyl/N-ethyl adjacent to an activating group) is 1. The number of carbonyl (C=O) groups is 3. The largest absolute Gasteiger partial charge is 0.387 e. The second kappa shape index (κ2) is 6.02. The fraction of sp³-hybridized carbons (Fsp3) is 0.417. The van der Waals surface area contributed by atoms with Gasteiger partial charge in [0.25, 0.3) is 5.91 Å². The van der Waals surface area contributed by atoms with Crippen LogP contribution in [-0.4, -0.2) is 59.4 Å². The summed E-state index contributed by atoms with van der Waals surface area (Å²) in [7, 11) is 1.50. The normalized spacial score (nSPS) is 16.7. The van der Waals surface area contributed by atoms with E-state index in [4.69, 9.17) is 0 Å². The first-order valence-electron chi connectivity index (χ1n) is 6.01. The Kier molecular flexibility index (Phi) is 4.35. The van der Waals surface area contributed by atoms with Gasteiger partial charge in [-0.25, -0.2) is 4.79 Å². The number of rotatable bonds is 5. The van der Waals surface area contributed by atoms with Crippen LogP contribution in [-0.2, 0) is 9.59 Å². The lowest BCUT2D eigenvalue weighted by Crippen LogP contribution is -2.42. The number of nitrogens with one attached hydrogen (secondary N) is 1. The molecule has 2 heterocycles. The van der Waals surface area contributed by atoms with Gasteiger partial charge < -0.3 is 15.3 Å². The van der Waals surface area contributed by atoms with Gasteiger partial charge in [-0.15, -0.1) is 0 Å². The Morgan fingerprint density at radius 1 is 1.55 bits per heavy atom. The second-order valence-corrected chi connectivity index (χ2v) is 5.28. The topological polar surface area (TPSA) is 90.0 Å². The molecule has 20 heavy (non-hydrogen) atoms. The number of carbonyl (C=O) groups excluding carboxylic acids is 3. The standard InChI is InChI=1S/C12H15N3O4S/c1-14-6-11(18)15(12(14)19)5-10(17)13-4-9(16)8-2-3-20-7-8/h2-3,7,9,16H,4-6H2,1H3,(H,13,17). The third kappa shape index (κ3) is 3.14. The summed E-state index contributed by atoms with van der Waals surface area (Å²) in [5.74, 6) is -0.873. The van der Waals surface area contributed by atoms with Crippen molar-refractivity contribution in [2.75, 3.05) is 26.7 Å². The molecule has 1 aromatic heterocycles. The Morgan fingerprint density at radius 3 is 2.85 bits per heavy atom. The van der Waals surface area contributed by atoms with Gasteiger partial charge in [0.15, 0.2) is 0 Å². The van der Waals surface area contributed by atoms with Gasteiger partial charge in [-0.05, 0) is 22.4 Å². The molecule has 4 amide bonds. The van der Waals surface area contributed by atoms with Crippen LogP contribution >= 0.6 is 11.3 Å². The Hall–Kier alpha value is -1.93. The van der Waals surface area contributed by atoms with Crippen LogP contribution in [0.4, 0.5) is 4.79 Å². The lowest BCUT2D eigenvalue weighted by Gasteiger charge is -2.15. The highest BCUT2D eigenvalue weighted by molar-refractivity contribution is 7.07. The van der Waals surface area contributed by atoms with Crippen molar-refractivity contribution in [1.29, 1.82) is 0 Å². The van der Waals surface area contributed by atoms with E-state index in [1.54, 1.807) is 11.4 Å². The average Bonchev–Trinajstić information content (AvgIpc) is 3.01. The third-order valence-electron chi connectivity index (χ3n) is 2.95. The SMILES string of the molecule is CN1CC(=O)N(CC(=O)NCC(O)c2ccsc2)C1=O. The van der Waals surface area contributed by atoms with Gasteiger partial charge in [-0.1, -0.05) is 0 Å². The van der Waals surface area contributed by atoms with Crippen LogP contribution in [0.2, 0.25) is 0 Å². The number of amides is 4. The van der Waals surface area contributed by atoms with E-state index in [0.717, 1.165) is 10.5 Å². The molecule has 1 saturated heterocycles. The quantitative estimate of drug-likeness (QED) is 0.736. The van der Waals surface area contributed by atoms with Gasteiger partial charge in [0.2, 0.25) is 5.91 Å². The molecule has 1 fully saturated rings. The lowest BCUT2D eigenvalue weighted by atomic mass is 10.2. The first-order valence-corrected chi connectivity index (χ1v) is 6.95. The first-order chi connectivity index (χ1) is 9.49. The smallest absolute Gasteiger partial charge is 0.327 e. The predicted octanol–water partition coefficient (Wildman–Crippen LogP) is -0.208. The highest BCUT2D eigenvalue weighted by Gasteiger charge is 2.34. The van der Waals surface area contributed by atoms with Crippen LogP contribution in [0.5, 0.6) is 0 Å². The van der Waals surface area contributed by atoms with Crippen LogP contribution < -0.4 is 5.32 Å². The van der Waals surface area contributed by atoms with Gasteiger partial charge in [0.1, 0.15) is 13.1 Å². The minimum Gasteiger partial charge on any atom is -0.387 e. The Morgan fingerprint density at radius 2 is 2.30 bits per heavy atom. The zero-order valence-corrected chi connectivity index (χ0v) is 11.7. The average molecular weight is 297 g/mol. The monoisotopic (exact) mass is 297 g/mol. The highest BCUT2D eigenvalue weighted by Crippen LogP contribution is 2.15. The van der Waals surface area contributed by atoms with Gasteiger partial charge >= 0.3 is 6.03 Å². The van der Waals surface area contributed by atoms with Gasteiger partial charge in [-0.3, -0.25) is 14.5 Å². The molecule has 1 unspecified atom stereocenters. The van der Waals surface area contributed by atoms with E-state index < -0.39 is 23.9 Å². The molecule has 0 bridgehead atoms. The molecule has 1 aliphatic heterocycles. The Balaban J connectivity index is 1.81. The van der Waals surface area contributed by atoms with Crippen LogP contribution in [0.15, 0.2) is 16.8 Å². The number of nitrogens with zero attached hydrogens (tertiary/aromatic N) is 2. The minimum absolute atomic E-state index is 0.0103. The van der Waals surface area contributed by atoms with Crippen molar-refractivity contribution < 1.29 is 19.5 Å². The molecular weight excluding hydrogens is 282 g/mol. The first kappa shape index (κ1) is 14.5. The number of imide groups is 1. The van der Waals surface area contributed by atoms with E-state index in [1.165, 1.54) is 23.3 Å². The Bertz CT molecular complexity index is 517. The van der Waals surface area contributed by atoms with Crippen molar-refractivity contribution in [1.82, 2.24) is 15.1 Å². The number of hydrogen-bond donors (Lipinski definition) is 2. The summed E-state index contributed by atoms with van der Waals surface area (Å²) < 4.78 is 0. The molecule has 1 aliphatic rings. The van der Waals surface area contributed by atoms with Crippen molar-refractivity contribution in [2.45, 2.75) is 6.10 Å². The fourth-order valence-corrected chi connectivity index (χ4v) is 2.52. The van der Waals surface area contributed by atoms with E-state index in [9.17, 15) is 19.5 Å². The molecule has 2 N–H and O–H groups in total. The summed E-state index contributed by atoms with van der Waals surface area (Å²) in [4.78, 5) is 36.9. The minimum atomic E-state index is -0.794. The Labute approximate surface area is 119 Å². The van der Waals surface area contributed by atoms with Crippen molar-refractivity contribution in [3.63, 3.8) is 0 Å². The van der Waals surface area contributed by atoms with Crippen LogP contribution in [0, 0.1) is 0 Å². The molecule has 0 saturated carbocycles. The van der Waals surface area contributed by atoms with E-state index in [-0.39, 0.29) is 19.6 Å². The molecule has 2 rings (SSSR count). The van der Waals surface area contributed by atoms with E-state index in [1.807, 2.05) is 5.38 Å². The van der Waals surface area contributed by atoms with E-state index in [0.29, 0.717) is 0 Å². The zero-order valence-electron chi connectivity index (χ0n) is 10.9.